The van der Waals surface area contributed by atoms with Crippen LogP contribution in [-0.4, -0.2) is 97.1 Å². The number of cyclic esters (lactones) is 1. The molecule has 3 saturated heterocycles. The van der Waals surface area contributed by atoms with E-state index >= 15 is 0 Å². The SMILES string of the molecule is CC[C@H]1OC(=O)[C@H](C)C(=O)[C@H](C)[C@@H](OC2O[C@H](C)C[C@H](C)[C@H]2O)C(C)(C)C[C@@H](C)C(=O)C[C@H]2N(CCCCn3cnc(-c4ccc(F)nc4)c3)C(=O)O[C@]12CC. The van der Waals surface area contributed by atoms with Crippen LogP contribution in [0.15, 0.2) is 30.9 Å². The van der Waals surface area contributed by atoms with Crippen molar-refractivity contribution in [3.05, 3.63) is 36.8 Å². The summed E-state index contributed by atoms with van der Waals surface area (Å²) in [4.78, 5) is 65.9. The fourth-order valence-corrected chi connectivity index (χ4v) is 9.13. The first-order valence-electron chi connectivity index (χ1n) is 20.3. The predicted molar refractivity (Wildman–Crippen MR) is 204 cm³/mol. The number of pyridine rings is 1. The Bertz CT molecular complexity index is 1700. The molecule has 0 aromatic carbocycles. The summed E-state index contributed by atoms with van der Waals surface area (Å²) in [5.74, 6) is -4.37. The maximum atomic E-state index is 14.4. The summed E-state index contributed by atoms with van der Waals surface area (Å²) in [6.45, 7) is 17.4. The molecular formula is C42H61FN4O9. The quantitative estimate of drug-likeness (QED) is 0.121. The van der Waals surface area contributed by atoms with E-state index in [1.165, 1.54) is 19.2 Å². The Morgan fingerprint density at radius 1 is 1.02 bits per heavy atom. The standard InChI is InChI=1S/C42H61FN4O9/c1-10-33-42(11-2)32(47(40(52)56-42)17-13-12-16-46-22-30(45-23-46)29-14-15-34(43)44-21-29)19-31(48)25(4)20-41(8,9)37(27(6)36(50)28(7)38(51)54-33)55-39-35(49)24(3)18-26(5)53-39/h14-15,21-28,32-33,35,37,39,49H,10-13,16-20H2,1-9H3/t24-,25+,26+,27-,28+,32+,33+,35+,37+,39?,42-/m0/s1. The molecule has 56 heavy (non-hydrogen) atoms. The van der Waals surface area contributed by atoms with Crippen molar-refractivity contribution in [2.45, 2.75) is 156 Å². The smallest absolute Gasteiger partial charge is 0.410 e. The number of fused-ring (bicyclic) bond motifs is 1. The summed E-state index contributed by atoms with van der Waals surface area (Å²) in [5, 5.41) is 11.1. The second-order valence-electron chi connectivity index (χ2n) is 17.0. The predicted octanol–water partition coefficient (Wildman–Crippen LogP) is 6.54. The fraction of sp³-hybridized carbons (Fsp3) is 0.714. The molecule has 3 aliphatic rings. The highest BCUT2D eigenvalue weighted by atomic mass is 19.1. The zero-order chi connectivity index (χ0) is 41.1. The largest absolute Gasteiger partial charge is 0.457 e. The number of esters is 1. The first kappa shape index (κ1) is 43.4. The van der Waals surface area contributed by atoms with Crippen LogP contribution >= 0.6 is 0 Å². The van der Waals surface area contributed by atoms with Crippen LogP contribution in [0.2, 0.25) is 0 Å². The lowest BCUT2D eigenvalue weighted by Crippen LogP contribution is -2.56. The molecule has 5 rings (SSSR count). The van der Waals surface area contributed by atoms with E-state index < -0.39 is 83.2 Å². The third kappa shape index (κ3) is 9.18. The number of aryl methyl sites for hydroxylation is 1. The summed E-state index contributed by atoms with van der Waals surface area (Å²) >= 11 is 0. The molecule has 3 fully saturated rings. The number of aromatic nitrogens is 3. The molecule has 2 aromatic rings. The van der Waals surface area contributed by atoms with Crippen LogP contribution in [0.4, 0.5) is 9.18 Å². The molecule has 2 aromatic heterocycles. The summed E-state index contributed by atoms with van der Waals surface area (Å²) in [5.41, 5.74) is -0.751. The van der Waals surface area contributed by atoms with Crippen LogP contribution in [0.1, 0.15) is 107 Å². The van der Waals surface area contributed by atoms with Gasteiger partial charge in [-0.2, -0.15) is 4.39 Å². The number of imidazole rings is 1. The number of carbonyl (C=O) groups excluding carboxylic acids is 4. The van der Waals surface area contributed by atoms with Crippen LogP contribution < -0.4 is 0 Å². The van der Waals surface area contributed by atoms with Crippen LogP contribution in [0.25, 0.3) is 11.3 Å². The molecule has 13 nitrogen and oxygen atoms in total. The van der Waals surface area contributed by atoms with Gasteiger partial charge in [0.05, 0.1) is 30.3 Å². The van der Waals surface area contributed by atoms with Gasteiger partial charge in [-0.05, 0) is 75.8 Å². The monoisotopic (exact) mass is 784 g/mol. The molecule has 0 spiro atoms. The lowest BCUT2D eigenvalue weighted by atomic mass is 9.70. The number of aliphatic hydroxyl groups excluding tert-OH is 1. The van der Waals surface area contributed by atoms with Crippen molar-refractivity contribution in [2.24, 2.45) is 29.1 Å². The number of aliphatic hydroxyl groups is 1. The average molecular weight is 785 g/mol. The number of rotatable bonds is 10. The normalized spacial score (nSPS) is 34.4. The number of nitrogens with zero attached hydrogens (tertiary/aromatic N) is 4. The highest BCUT2D eigenvalue weighted by Crippen LogP contribution is 2.44. The first-order valence-corrected chi connectivity index (χ1v) is 20.3. The number of ether oxygens (including phenoxy) is 4. The Kier molecular flexibility index (Phi) is 13.8. The number of halogens is 1. The molecule has 0 bridgehead atoms. The molecule has 5 heterocycles. The maximum Gasteiger partial charge on any atom is 0.410 e. The Balaban J connectivity index is 1.39. The molecule has 1 amide bonds. The van der Waals surface area contributed by atoms with Gasteiger partial charge >= 0.3 is 12.1 Å². The van der Waals surface area contributed by atoms with Crippen molar-refractivity contribution in [1.82, 2.24) is 19.4 Å². The maximum absolute atomic E-state index is 14.4. The van der Waals surface area contributed by atoms with E-state index in [0.29, 0.717) is 50.0 Å². The number of ketones is 2. The first-order chi connectivity index (χ1) is 26.4. The molecule has 3 aliphatic heterocycles. The molecule has 0 radical (unpaired) electrons. The topological polar surface area (TPSA) is 159 Å². The van der Waals surface area contributed by atoms with Gasteiger partial charge in [-0.3, -0.25) is 14.4 Å². The number of Topliss-reactive ketones (excluding diaryl/α,β-unsaturated/α-hetero) is 2. The third-order valence-electron chi connectivity index (χ3n) is 12.3. The fourth-order valence-electron chi connectivity index (χ4n) is 9.13. The van der Waals surface area contributed by atoms with Gasteiger partial charge in [-0.15, -0.1) is 0 Å². The van der Waals surface area contributed by atoms with Gasteiger partial charge in [0, 0.05) is 49.3 Å². The number of hydrogen-bond donors (Lipinski definition) is 1. The van der Waals surface area contributed by atoms with E-state index in [9.17, 15) is 28.7 Å². The number of unbranched alkanes of at least 4 members (excludes halogenated alkanes) is 1. The summed E-state index contributed by atoms with van der Waals surface area (Å²) < 4.78 is 40.2. The Morgan fingerprint density at radius 3 is 2.39 bits per heavy atom. The highest BCUT2D eigenvalue weighted by Gasteiger charge is 2.59. The number of carbonyl (C=O) groups is 4. The van der Waals surface area contributed by atoms with Gasteiger partial charge in [-0.25, -0.2) is 14.8 Å². The van der Waals surface area contributed by atoms with Gasteiger partial charge in [0.1, 0.15) is 23.9 Å². The Morgan fingerprint density at radius 2 is 1.73 bits per heavy atom. The molecule has 1 N–H and O–H groups in total. The average Bonchev–Trinajstić information content (AvgIpc) is 3.73. The summed E-state index contributed by atoms with van der Waals surface area (Å²) in [6, 6.07) is 2.18. The molecule has 0 aliphatic carbocycles. The van der Waals surface area contributed by atoms with Gasteiger partial charge in [0.15, 0.2) is 17.7 Å². The third-order valence-corrected chi connectivity index (χ3v) is 12.3. The minimum atomic E-state index is -1.32. The van der Waals surface area contributed by atoms with Crippen LogP contribution in [0, 0.1) is 35.0 Å². The van der Waals surface area contributed by atoms with Gasteiger partial charge in [0.25, 0.3) is 0 Å². The minimum Gasteiger partial charge on any atom is -0.457 e. The zero-order valence-corrected chi connectivity index (χ0v) is 34.4. The van der Waals surface area contributed by atoms with Crippen LogP contribution in [-0.2, 0) is 39.9 Å². The second-order valence-corrected chi connectivity index (χ2v) is 17.0. The van der Waals surface area contributed by atoms with Gasteiger partial charge < -0.3 is 33.5 Å². The minimum absolute atomic E-state index is 0.0174. The van der Waals surface area contributed by atoms with E-state index in [0.717, 1.165) is 0 Å². The highest BCUT2D eigenvalue weighted by molar-refractivity contribution is 6.00. The van der Waals surface area contributed by atoms with E-state index in [1.807, 2.05) is 59.2 Å². The van der Waals surface area contributed by atoms with Crippen LogP contribution in [0.3, 0.4) is 0 Å². The lowest BCUT2D eigenvalue weighted by Gasteiger charge is -2.45. The summed E-state index contributed by atoms with van der Waals surface area (Å²) in [6.07, 6.45) is 3.38. The lowest BCUT2D eigenvalue weighted by molar-refractivity contribution is -0.284. The Labute approximate surface area is 330 Å². The molecular weight excluding hydrogens is 723 g/mol. The van der Waals surface area contributed by atoms with E-state index in [2.05, 4.69) is 9.97 Å². The van der Waals surface area contributed by atoms with E-state index in [-0.39, 0.29) is 37.1 Å². The van der Waals surface area contributed by atoms with Crippen molar-refractivity contribution >= 4 is 23.6 Å². The second kappa shape index (κ2) is 17.8. The molecule has 0 saturated carbocycles. The van der Waals surface area contributed by atoms with Crippen molar-refractivity contribution in [1.29, 1.82) is 0 Å². The van der Waals surface area contributed by atoms with Crippen molar-refractivity contribution in [3.8, 4) is 11.3 Å². The van der Waals surface area contributed by atoms with Gasteiger partial charge in [0.2, 0.25) is 5.95 Å². The van der Waals surface area contributed by atoms with Gasteiger partial charge in [-0.1, -0.05) is 48.5 Å². The van der Waals surface area contributed by atoms with Crippen molar-refractivity contribution in [2.75, 3.05) is 6.54 Å². The van der Waals surface area contributed by atoms with Crippen molar-refractivity contribution in [3.63, 3.8) is 0 Å². The van der Waals surface area contributed by atoms with E-state index in [1.54, 1.807) is 24.2 Å². The summed E-state index contributed by atoms with van der Waals surface area (Å²) in [7, 11) is 0. The van der Waals surface area contributed by atoms with Crippen molar-refractivity contribution < 1.29 is 47.6 Å². The molecule has 14 heteroatoms. The van der Waals surface area contributed by atoms with Crippen LogP contribution in [0.5, 0.6) is 0 Å². The van der Waals surface area contributed by atoms with E-state index in [4.69, 9.17) is 18.9 Å². The number of hydrogen-bond acceptors (Lipinski definition) is 11. The zero-order valence-electron chi connectivity index (χ0n) is 34.4. The molecule has 310 valence electrons. The molecule has 11 atom stereocenters. The Hall–Kier alpha value is -3.75. The molecule has 1 unspecified atom stereocenters. The number of amides is 1.